The third kappa shape index (κ3) is 6.39. The van der Waals surface area contributed by atoms with Gasteiger partial charge in [-0.05, 0) is 38.5 Å². The summed E-state index contributed by atoms with van der Waals surface area (Å²) in [7, 11) is 3.62. The third-order valence-electron chi connectivity index (χ3n) is 4.59. The minimum Gasteiger partial charge on any atom is -0.497 e. The van der Waals surface area contributed by atoms with Gasteiger partial charge in [-0.2, -0.15) is 0 Å². The van der Waals surface area contributed by atoms with Gasteiger partial charge in [0.1, 0.15) is 11.6 Å². The van der Waals surface area contributed by atoms with Gasteiger partial charge in [-0.3, -0.25) is 0 Å². The number of aryl methyl sites for hydroxylation is 3. The molecule has 0 amide bonds. The molecule has 10 heteroatoms. The van der Waals surface area contributed by atoms with Gasteiger partial charge >= 0.3 is 0 Å². The monoisotopic (exact) mass is 541 g/mol. The Kier molecular flexibility index (Phi) is 9.03. The molecule has 0 aliphatic carbocycles. The van der Waals surface area contributed by atoms with Crippen LogP contribution in [0.1, 0.15) is 32.8 Å². The predicted molar refractivity (Wildman–Crippen MR) is 131 cm³/mol. The third-order valence-corrected chi connectivity index (χ3v) is 5.66. The van der Waals surface area contributed by atoms with Crippen molar-refractivity contribution in [1.29, 1.82) is 0 Å². The lowest BCUT2D eigenvalue weighted by molar-refractivity contribution is 0.414. The first-order valence-electron chi connectivity index (χ1n) is 9.39. The summed E-state index contributed by atoms with van der Waals surface area (Å²) < 4.78 is 7.18. The minimum atomic E-state index is 0. The van der Waals surface area contributed by atoms with Crippen LogP contribution in [0.2, 0.25) is 0 Å². The molecule has 30 heavy (non-hydrogen) atoms. The van der Waals surface area contributed by atoms with E-state index in [0.717, 1.165) is 33.7 Å². The molecule has 3 rings (SSSR count). The van der Waals surface area contributed by atoms with E-state index in [9.17, 15) is 0 Å². The van der Waals surface area contributed by atoms with Crippen molar-refractivity contribution in [2.75, 3.05) is 7.11 Å². The molecule has 162 valence electrons. The largest absolute Gasteiger partial charge is 0.497 e. The number of hydrogen-bond donors (Lipinski definition) is 2. The van der Waals surface area contributed by atoms with Gasteiger partial charge < -0.3 is 19.9 Å². The second-order valence-electron chi connectivity index (χ2n) is 6.68. The first-order chi connectivity index (χ1) is 14.0. The fourth-order valence-electron chi connectivity index (χ4n) is 2.74. The van der Waals surface area contributed by atoms with E-state index < -0.39 is 0 Å². The molecule has 2 N–H and O–H groups in total. The molecule has 1 aromatic carbocycles. The number of nitrogens with one attached hydrogen (secondary N) is 2. The second kappa shape index (κ2) is 11.3. The van der Waals surface area contributed by atoms with E-state index in [1.165, 1.54) is 4.88 Å². The lowest BCUT2D eigenvalue weighted by Gasteiger charge is -2.12. The number of ether oxygens (including phenoxy) is 1. The number of aromatic nitrogens is 4. The maximum absolute atomic E-state index is 5.22. The molecule has 0 atom stereocenters. The molecule has 0 fully saturated rings. The molecule has 0 unspecified atom stereocenters. The number of benzene rings is 1. The minimum absolute atomic E-state index is 0. The second-order valence-corrected chi connectivity index (χ2v) is 7.97. The van der Waals surface area contributed by atoms with Crippen LogP contribution in [-0.4, -0.2) is 32.8 Å². The highest BCUT2D eigenvalue weighted by atomic mass is 127. The van der Waals surface area contributed by atoms with Crippen molar-refractivity contribution in [2.45, 2.75) is 40.4 Å². The van der Waals surface area contributed by atoms with Crippen molar-refractivity contribution < 1.29 is 4.74 Å². The Balaban J connectivity index is 0.00000320. The zero-order valence-corrected chi connectivity index (χ0v) is 21.0. The van der Waals surface area contributed by atoms with Gasteiger partial charge in [0.05, 0.1) is 37.4 Å². The number of thiazole rings is 1. The number of hydrogen-bond acceptors (Lipinski definition) is 6. The van der Waals surface area contributed by atoms with Gasteiger partial charge in [0.25, 0.3) is 0 Å². The van der Waals surface area contributed by atoms with Crippen LogP contribution >= 0.6 is 35.3 Å². The van der Waals surface area contributed by atoms with Crippen molar-refractivity contribution in [3.63, 3.8) is 0 Å². The Labute approximate surface area is 198 Å². The van der Waals surface area contributed by atoms with E-state index in [1.54, 1.807) is 18.4 Å². The van der Waals surface area contributed by atoms with Gasteiger partial charge in [0.2, 0.25) is 0 Å². The summed E-state index contributed by atoms with van der Waals surface area (Å²) in [5, 5.41) is 16.1. The number of guanidine groups is 1. The molecule has 8 nitrogen and oxygen atoms in total. The van der Waals surface area contributed by atoms with Crippen molar-refractivity contribution in [1.82, 2.24) is 30.4 Å². The molecule has 0 aliphatic rings. The van der Waals surface area contributed by atoms with Crippen LogP contribution in [0, 0.1) is 20.8 Å². The standard InChI is InChI=1S/C20H27N7OS.HI/c1-13-18(29-15(3)24-13)11-22-20(23-12-19-26-25-14(2)27(19)4)21-10-16-6-8-17(28-5)9-7-16;/h6-9H,10-12H2,1-5H3,(H2,21,22,23);1H. The first kappa shape index (κ1) is 24.1. The van der Waals surface area contributed by atoms with Crippen LogP contribution < -0.4 is 15.4 Å². The van der Waals surface area contributed by atoms with Crippen molar-refractivity contribution in [3.05, 3.63) is 57.1 Å². The van der Waals surface area contributed by atoms with Crippen LogP contribution in [0.5, 0.6) is 5.75 Å². The van der Waals surface area contributed by atoms with E-state index in [1.807, 2.05) is 56.7 Å². The normalized spacial score (nSPS) is 11.2. The fourth-order valence-corrected chi connectivity index (χ4v) is 3.62. The summed E-state index contributed by atoms with van der Waals surface area (Å²) in [5.74, 6) is 3.28. The molecule has 0 bridgehead atoms. The molecule has 3 aromatic rings. The maximum atomic E-state index is 5.22. The molecular weight excluding hydrogens is 513 g/mol. The van der Waals surface area contributed by atoms with E-state index in [4.69, 9.17) is 9.73 Å². The van der Waals surface area contributed by atoms with Crippen molar-refractivity contribution in [2.24, 2.45) is 12.0 Å². The van der Waals surface area contributed by atoms with Crippen molar-refractivity contribution in [3.8, 4) is 5.75 Å². The van der Waals surface area contributed by atoms with Gasteiger partial charge in [0.15, 0.2) is 11.8 Å². The summed E-state index contributed by atoms with van der Waals surface area (Å²) in [5.41, 5.74) is 2.16. The highest BCUT2D eigenvalue weighted by Crippen LogP contribution is 2.16. The Hall–Kier alpha value is -2.21. The smallest absolute Gasteiger partial charge is 0.192 e. The average Bonchev–Trinajstić information content (AvgIpc) is 3.22. The number of aliphatic imine (C=N–C) groups is 1. The first-order valence-corrected chi connectivity index (χ1v) is 10.2. The molecule has 0 saturated carbocycles. The SMILES string of the molecule is COc1ccc(CN=C(NCc2sc(C)nc2C)NCc2nnc(C)n2C)cc1.I. The Morgan fingerprint density at radius 2 is 1.80 bits per heavy atom. The Morgan fingerprint density at radius 3 is 2.37 bits per heavy atom. The van der Waals surface area contributed by atoms with E-state index in [0.29, 0.717) is 25.6 Å². The summed E-state index contributed by atoms with van der Waals surface area (Å²) in [4.78, 5) is 10.4. The van der Waals surface area contributed by atoms with Gasteiger partial charge in [-0.25, -0.2) is 9.98 Å². The molecular formula is C20H28IN7OS. The summed E-state index contributed by atoms with van der Waals surface area (Å²) in [6.07, 6.45) is 0. The predicted octanol–water partition coefficient (Wildman–Crippen LogP) is 3.26. The van der Waals surface area contributed by atoms with Crippen LogP contribution in [0.3, 0.4) is 0 Å². The average molecular weight is 541 g/mol. The van der Waals surface area contributed by atoms with Crippen LogP contribution in [0.25, 0.3) is 0 Å². The van der Waals surface area contributed by atoms with E-state index in [2.05, 4.69) is 25.8 Å². The number of methoxy groups -OCH3 is 1. The molecule has 2 heterocycles. The van der Waals surface area contributed by atoms with Crippen LogP contribution in [0.4, 0.5) is 0 Å². The molecule has 0 saturated heterocycles. The maximum Gasteiger partial charge on any atom is 0.192 e. The van der Waals surface area contributed by atoms with Crippen LogP contribution in [0.15, 0.2) is 29.3 Å². The molecule has 0 spiro atoms. The Morgan fingerprint density at radius 1 is 1.10 bits per heavy atom. The highest BCUT2D eigenvalue weighted by Gasteiger charge is 2.09. The Bertz CT molecular complexity index is 974. The lowest BCUT2D eigenvalue weighted by atomic mass is 10.2. The fraction of sp³-hybridized carbons (Fsp3) is 0.400. The molecule has 0 radical (unpaired) electrons. The number of rotatable bonds is 7. The number of nitrogens with zero attached hydrogens (tertiary/aromatic N) is 5. The van der Waals surface area contributed by atoms with E-state index in [-0.39, 0.29) is 24.0 Å². The highest BCUT2D eigenvalue weighted by molar-refractivity contribution is 14.0. The van der Waals surface area contributed by atoms with Gasteiger partial charge in [-0.1, -0.05) is 12.1 Å². The summed E-state index contributed by atoms with van der Waals surface area (Å²) >= 11 is 1.70. The number of halogens is 1. The lowest BCUT2D eigenvalue weighted by Crippen LogP contribution is -2.37. The van der Waals surface area contributed by atoms with Gasteiger partial charge in [0, 0.05) is 11.9 Å². The summed E-state index contributed by atoms with van der Waals surface area (Å²) in [6, 6.07) is 7.92. The van der Waals surface area contributed by atoms with E-state index >= 15 is 0 Å². The van der Waals surface area contributed by atoms with Crippen molar-refractivity contribution >= 4 is 41.3 Å². The molecule has 2 aromatic heterocycles. The zero-order valence-electron chi connectivity index (χ0n) is 17.9. The zero-order chi connectivity index (χ0) is 20.8. The summed E-state index contributed by atoms with van der Waals surface area (Å²) in [6.45, 7) is 7.75. The molecule has 0 aliphatic heterocycles. The van der Waals surface area contributed by atoms with Crippen LogP contribution in [-0.2, 0) is 26.7 Å². The van der Waals surface area contributed by atoms with Gasteiger partial charge in [-0.15, -0.1) is 45.5 Å². The topological polar surface area (TPSA) is 89.2 Å². The quantitative estimate of drug-likeness (QED) is 0.271.